The largest absolute Gasteiger partial charge is 0.465 e. The van der Waals surface area contributed by atoms with Gasteiger partial charge in [-0.2, -0.15) is 0 Å². The van der Waals surface area contributed by atoms with Gasteiger partial charge in [-0.05, 0) is 31.0 Å². The van der Waals surface area contributed by atoms with E-state index in [0.29, 0.717) is 0 Å². The van der Waals surface area contributed by atoms with E-state index in [1.54, 1.807) is 0 Å². The first-order valence-electron chi connectivity index (χ1n) is 6.42. The Morgan fingerprint density at radius 1 is 1.45 bits per heavy atom. The summed E-state index contributed by atoms with van der Waals surface area (Å²) in [7, 11) is 1.20. The van der Waals surface area contributed by atoms with Gasteiger partial charge in [-0.25, -0.2) is 9.18 Å². The topological polar surface area (TPSA) is 81.4 Å². The molecule has 1 aromatic carbocycles. The van der Waals surface area contributed by atoms with E-state index in [-0.39, 0.29) is 23.7 Å². The molecule has 0 atom stereocenters. The lowest BCUT2D eigenvalue weighted by Gasteiger charge is -2.39. The molecule has 1 saturated carbocycles. The van der Waals surface area contributed by atoms with Crippen molar-refractivity contribution in [1.82, 2.24) is 0 Å². The highest BCUT2D eigenvalue weighted by molar-refractivity contribution is 6.03. The van der Waals surface area contributed by atoms with Crippen molar-refractivity contribution in [3.05, 3.63) is 29.6 Å². The smallest absolute Gasteiger partial charge is 0.340 e. The van der Waals surface area contributed by atoms with Crippen LogP contribution in [0.1, 0.15) is 29.6 Å². The van der Waals surface area contributed by atoms with Crippen LogP contribution in [0.3, 0.4) is 0 Å². The number of hydrogen-bond donors (Lipinski definition) is 2. The lowest BCUT2D eigenvalue weighted by Crippen LogP contribution is -2.47. The summed E-state index contributed by atoms with van der Waals surface area (Å²) in [4.78, 5) is 23.9. The number of rotatable bonds is 4. The maximum Gasteiger partial charge on any atom is 0.340 e. The number of nitrogens with one attached hydrogen (secondary N) is 1. The normalized spacial score (nSPS) is 16.1. The molecule has 2 rings (SSSR count). The first-order chi connectivity index (χ1) is 9.52. The van der Waals surface area contributed by atoms with Gasteiger partial charge in [0.2, 0.25) is 5.91 Å². The molecule has 0 saturated heterocycles. The lowest BCUT2D eigenvalue weighted by atomic mass is 9.68. The molecule has 1 aliphatic rings. The van der Waals surface area contributed by atoms with Gasteiger partial charge < -0.3 is 15.8 Å². The first-order valence-corrected chi connectivity index (χ1v) is 6.42. The van der Waals surface area contributed by atoms with Gasteiger partial charge in [-0.15, -0.1) is 0 Å². The van der Waals surface area contributed by atoms with Crippen LogP contribution >= 0.6 is 0 Å². The van der Waals surface area contributed by atoms with Crippen LogP contribution in [0.2, 0.25) is 0 Å². The third-order valence-corrected chi connectivity index (χ3v) is 3.82. The Balaban J connectivity index is 2.25. The summed E-state index contributed by atoms with van der Waals surface area (Å²) in [6, 6.07) is 3.57. The van der Waals surface area contributed by atoms with Gasteiger partial charge in [-0.3, -0.25) is 4.79 Å². The minimum Gasteiger partial charge on any atom is -0.465 e. The number of anilines is 1. The summed E-state index contributed by atoms with van der Waals surface area (Å²) >= 11 is 0. The van der Waals surface area contributed by atoms with Crippen molar-refractivity contribution in [3.8, 4) is 0 Å². The standard InChI is InChI=1S/C14H17FN2O3/c1-20-12(18)10-7-9(15)3-4-11(10)17-13(19)14(8-16)5-2-6-14/h3-4,7H,2,5-6,8,16H2,1H3,(H,17,19). The van der Waals surface area contributed by atoms with Crippen molar-refractivity contribution >= 4 is 17.6 Å². The predicted molar refractivity (Wildman–Crippen MR) is 71.7 cm³/mol. The maximum absolute atomic E-state index is 13.2. The SMILES string of the molecule is COC(=O)c1cc(F)ccc1NC(=O)C1(CN)CCC1. The average molecular weight is 280 g/mol. The van der Waals surface area contributed by atoms with E-state index >= 15 is 0 Å². The molecule has 108 valence electrons. The molecule has 6 heteroatoms. The van der Waals surface area contributed by atoms with Crippen LogP contribution in [0.5, 0.6) is 0 Å². The summed E-state index contributed by atoms with van der Waals surface area (Å²) in [5.74, 6) is -1.50. The molecule has 1 amide bonds. The number of ether oxygens (including phenoxy) is 1. The van der Waals surface area contributed by atoms with Crippen LogP contribution in [0, 0.1) is 11.2 Å². The molecule has 0 heterocycles. The third kappa shape index (κ3) is 2.51. The van der Waals surface area contributed by atoms with Gasteiger partial charge in [-0.1, -0.05) is 6.42 Å². The molecule has 0 unspecified atom stereocenters. The van der Waals surface area contributed by atoms with E-state index < -0.39 is 17.2 Å². The summed E-state index contributed by atoms with van der Waals surface area (Å²) in [6.45, 7) is 0.258. The number of amides is 1. The first kappa shape index (κ1) is 14.5. The third-order valence-electron chi connectivity index (χ3n) is 3.82. The molecule has 0 aliphatic heterocycles. The molecule has 0 radical (unpaired) electrons. The van der Waals surface area contributed by atoms with Crippen molar-refractivity contribution in [2.24, 2.45) is 11.1 Å². The number of halogens is 1. The van der Waals surface area contributed by atoms with Crippen LogP contribution in [-0.2, 0) is 9.53 Å². The van der Waals surface area contributed by atoms with Crippen molar-refractivity contribution in [2.45, 2.75) is 19.3 Å². The summed E-state index contributed by atoms with van der Waals surface area (Å²) in [6.07, 6.45) is 2.41. The number of methoxy groups -OCH3 is 1. The van der Waals surface area contributed by atoms with Gasteiger partial charge in [0.15, 0.2) is 0 Å². The van der Waals surface area contributed by atoms with Gasteiger partial charge in [0, 0.05) is 6.54 Å². The predicted octanol–water partition coefficient (Wildman–Crippen LogP) is 1.68. The van der Waals surface area contributed by atoms with E-state index in [4.69, 9.17) is 5.73 Å². The fraction of sp³-hybridized carbons (Fsp3) is 0.429. The zero-order valence-electron chi connectivity index (χ0n) is 11.2. The highest BCUT2D eigenvalue weighted by Crippen LogP contribution is 2.41. The van der Waals surface area contributed by atoms with Crippen molar-refractivity contribution in [3.63, 3.8) is 0 Å². The van der Waals surface area contributed by atoms with Crippen molar-refractivity contribution < 1.29 is 18.7 Å². The second kappa shape index (κ2) is 5.58. The number of esters is 1. The number of hydrogen-bond acceptors (Lipinski definition) is 4. The highest BCUT2D eigenvalue weighted by Gasteiger charge is 2.43. The highest BCUT2D eigenvalue weighted by atomic mass is 19.1. The Labute approximate surface area is 116 Å². The van der Waals surface area contributed by atoms with E-state index in [0.717, 1.165) is 25.3 Å². The van der Waals surface area contributed by atoms with Crippen molar-refractivity contribution in [2.75, 3.05) is 19.0 Å². The molecular weight excluding hydrogens is 263 g/mol. The second-order valence-electron chi connectivity index (χ2n) is 4.97. The van der Waals surface area contributed by atoms with Crippen LogP contribution in [0.4, 0.5) is 10.1 Å². The summed E-state index contributed by atoms with van der Waals surface area (Å²) in [5.41, 5.74) is 5.32. The molecule has 20 heavy (non-hydrogen) atoms. The zero-order chi connectivity index (χ0) is 14.8. The number of carbonyl (C=O) groups is 2. The summed E-state index contributed by atoms with van der Waals surface area (Å²) < 4.78 is 17.8. The monoisotopic (exact) mass is 280 g/mol. The maximum atomic E-state index is 13.2. The van der Waals surface area contributed by atoms with Crippen LogP contribution < -0.4 is 11.1 Å². The van der Waals surface area contributed by atoms with E-state index in [1.165, 1.54) is 19.2 Å². The molecule has 5 nitrogen and oxygen atoms in total. The van der Waals surface area contributed by atoms with Crippen LogP contribution in [0.15, 0.2) is 18.2 Å². The van der Waals surface area contributed by atoms with E-state index in [1.807, 2.05) is 0 Å². The van der Waals surface area contributed by atoms with E-state index in [2.05, 4.69) is 10.1 Å². The Morgan fingerprint density at radius 3 is 2.65 bits per heavy atom. The summed E-state index contributed by atoms with van der Waals surface area (Å²) in [5, 5.41) is 2.66. The molecule has 3 N–H and O–H groups in total. The van der Waals surface area contributed by atoms with Crippen LogP contribution in [-0.4, -0.2) is 25.5 Å². The van der Waals surface area contributed by atoms with Gasteiger partial charge in [0.05, 0.1) is 23.8 Å². The van der Waals surface area contributed by atoms with Crippen molar-refractivity contribution in [1.29, 1.82) is 0 Å². The fourth-order valence-electron chi connectivity index (χ4n) is 2.29. The van der Waals surface area contributed by atoms with Crippen LogP contribution in [0.25, 0.3) is 0 Å². The number of carbonyl (C=O) groups excluding carboxylic acids is 2. The molecule has 0 bridgehead atoms. The minimum atomic E-state index is -0.699. The lowest BCUT2D eigenvalue weighted by molar-refractivity contribution is -0.129. The van der Waals surface area contributed by atoms with Gasteiger partial charge >= 0.3 is 5.97 Å². The Hall–Kier alpha value is -1.95. The Kier molecular flexibility index (Phi) is 4.04. The van der Waals surface area contributed by atoms with Gasteiger partial charge in [0.25, 0.3) is 0 Å². The Morgan fingerprint density at radius 2 is 2.15 bits per heavy atom. The van der Waals surface area contributed by atoms with E-state index in [9.17, 15) is 14.0 Å². The Bertz CT molecular complexity index is 536. The number of benzene rings is 1. The molecular formula is C14H17FN2O3. The van der Waals surface area contributed by atoms with Gasteiger partial charge in [0.1, 0.15) is 5.82 Å². The number of nitrogens with two attached hydrogens (primary N) is 1. The fourth-order valence-corrected chi connectivity index (χ4v) is 2.29. The molecule has 1 fully saturated rings. The zero-order valence-corrected chi connectivity index (χ0v) is 11.2. The minimum absolute atomic E-state index is 0.00709. The molecule has 1 aliphatic carbocycles. The average Bonchev–Trinajstić information content (AvgIpc) is 2.39. The molecule has 1 aromatic rings. The molecule has 0 spiro atoms. The second-order valence-corrected chi connectivity index (χ2v) is 4.97. The molecule has 0 aromatic heterocycles. The quantitative estimate of drug-likeness (QED) is 0.822.